The van der Waals surface area contributed by atoms with E-state index in [-0.39, 0.29) is 0 Å². The Kier molecular flexibility index (Phi) is 5.36. The Morgan fingerprint density at radius 3 is 2.60 bits per heavy atom. The van der Waals surface area contributed by atoms with Gasteiger partial charge in [-0.05, 0) is 38.8 Å². The summed E-state index contributed by atoms with van der Waals surface area (Å²) in [5.41, 5.74) is 2.41. The van der Waals surface area contributed by atoms with Gasteiger partial charge in [-0.25, -0.2) is 0 Å². The van der Waals surface area contributed by atoms with Crippen molar-refractivity contribution in [2.75, 3.05) is 6.54 Å². The highest BCUT2D eigenvalue weighted by Crippen LogP contribution is 2.21. The number of nitrogens with one attached hydrogen (secondary N) is 1. The maximum absolute atomic E-state index is 4.51. The molecule has 2 atom stereocenters. The largest absolute Gasteiger partial charge is 0.314 e. The molecule has 20 heavy (non-hydrogen) atoms. The molecule has 0 bridgehead atoms. The van der Waals surface area contributed by atoms with Gasteiger partial charge in [0.25, 0.3) is 0 Å². The Bertz CT molecular complexity index is 504. The van der Waals surface area contributed by atoms with Gasteiger partial charge in [-0.1, -0.05) is 37.3 Å². The topological polar surface area (TPSA) is 29.9 Å². The Morgan fingerprint density at radius 2 is 1.90 bits per heavy atom. The number of aromatic nitrogens is 2. The van der Waals surface area contributed by atoms with E-state index < -0.39 is 0 Å². The van der Waals surface area contributed by atoms with Crippen molar-refractivity contribution in [3.05, 3.63) is 42.7 Å². The Balaban J connectivity index is 1.98. The average Bonchev–Trinajstić information content (AvgIpc) is 2.96. The summed E-state index contributed by atoms with van der Waals surface area (Å²) in [7, 11) is 0. The third kappa shape index (κ3) is 3.94. The van der Waals surface area contributed by atoms with Crippen molar-refractivity contribution in [1.82, 2.24) is 15.1 Å². The molecule has 1 aromatic heterocycles. The van der Waals surface area contributed by atoms with E-state index in [0.29, 0.717) is 12.1 Å². The maximum atomic E-state index is 4.51. The molecule has 0 saturated heterocycles. The second kappa shape index (κ2) is 7.25. The van der Waals surface area contributed by atoms with Gasteiger partial charge in [0.15, 0.2) is 0 Å². The lowest BCUT2D eigenvalue weighted by Gasteiger charge is -2.18. The molecule has 0 aliphatic heterocycles. The molecule has 2 aromatic rings. The fraction of sp³-hybridized carbons (Fsp3) is 0.471. The van der Waals surface area contributed by atoms with Crippen LogP contribution < -0.4 is 5.32 Å². The molecule has 0 aliphatic carbocycles. The Labute approximate surface area is 122 Å². The highest BCUT2D eigenvalue weighted by Gasteiger charge is 2.11. The van der Waals surface area contributed by atoms with Crippen LogP contribution in [0.25, 0.3) is 11.1 Å². The smallest absolute Gasteiger partial charge is 0.0568 e. The minimum absolute atomic E-state index is 0.409. The highest BCUT2D eigenvalue weighted by molar-refractivity contribution is 5.61. The van der Waals surface area contributed by atoms with Gasteiger partial charge in [-0.15, -0.1) is 0 Å². The maximum Gasteiger partial charge on any atom is 0.0568 e. The Hall–Kier alpha value is -1.61. The van der Waals surface area contributed by atoms with Gasteiger partial charge in [0.2, 0.25) is 0 Å². The predicted octanol–water partition coefficient (Wildman–Crippen LogP) is 3.89. The van der Waals surface area contributed by atoms with Crippen molar-refractivity contribution in [3.8, 4) is 11.1 Å². The van der Waals surface area contributed by atoms with E-state index in [4.69, 9.17) is 0 Å². The van der Waals surface area contributed by atoms with Crippen LogP contribution in [0.3, 0.4) is 0 Å². The molecule has 0 spiro atoms. The zero-order chi connectivity index (χ0) is 14.4. The van der Waals surface area contributed by atoms with Gasteiger partial charge in [0, 0.05) is 17.8 Å². The third-order valence-electron chi connectivity index (χ3n) is 3.60. The summed E-state index contributed by atoms with van der Waals surface area (Å²) in [6.07, 6.45) is 6.37. The standard InChI is InChI=1S/C17H25N3/c1-4-10-18-14(2)11-15(3)20-13-17(12-19-20)16-8-6-5-7-9-16/h5-9,12-15,18H,4,10-11H2,1-3H3. The lowest BCUT2D eigenvalue weighted by Crippen LogP contribution is -2.29. The summed E-state index contributed by atoms with van der Waals surface area (Å²) in [5.74, 6) is 0. The van der Waals surface area contributed by atoms with Crippen molar-refractivity contribution in [1.29, 1.82) is 0 Å². The van der Waals surface area contributed by atoms with Crippen molar-refractivity contribution in [3.63, 3.8) is 0 Å². The molecule has 1 aromatic carbocycles. The lowest BCUT2D eigenvalue weighted by atomic mass is 10.1. The van der Waals surface area contributed by atoms with E-state index in [1.807, 2.05) is 12.3 Å². The molecule has 2 rings (SSSR count). The van der Waals surface area contributed by atoms with E-state index in [1.54, 1.807) is 0 Å². The molecule has 108 valence electrons. The number of hydrogen-bond donors (Lipinski definition) is 1. The van der Waals surface area contributed by atoms with Crippen LogP contribution in [-0.2, 0) is 0 Å². The molecule has 1 heterocycles. The van der Waals surface area contributed by atoms with Crippen LogP contribution >= 0.6 is 0 Å². The van der Waals surface area contributed by atoms with E-state index >= 15 is 0 Å². The summed E-state index contributed by atoms with van der Waals surface area (Å²) in [4.78, 5) is 0. The van der Waals surface area contributed by atoms with Crippen LogP contribution in [0.5, 0.6) is 0 Å². The molecule has 3 nitrogen and oxygen atoms in total. The molecule has 0 aliphatic rings. The predicted molar refractivity (Wildman–Crippen MR) is 84.7 cm³/mol. The van der Waals surface area contributed by atoms with E-state index in [9.17, 15) is 0 Å². The fourth-order valence-corrected chi connectivity index (χ4v) is 2.45. The summed E-state index contributed by atoms with van der Waals surface area (Å²) in [6.45, 7) is 7.75. The first kappa shape index (κ1) is 14.8. The first-order valence-corrected chi connectivity index (χ1v) is 7.53. The van der Waals surface area contributed by atoms with Crippen LogP contribution in [0.15, 0.2) is 42.7 Å². The van der Waals surface area contributed by atoms with E-state index in [0.717, 1.165) is 13.0 Å². The lowest BCUT2D eigenvalue weighted by molar-refractivity contribution is 0.389. The molecular weight excluding hydrogens is 246 g/mol. The highest BCUT2D eigenvalue weighted by atomic mass is 15.3. The van der Waals surface area contributed by atoms with Gasteiger partial charge in [-0.3, -0.25) is 4.68 Å². The van der Waals surface area contributed by atoms with Crippen LogP contribution in [0, 0.1) is 0 Å². The molecule has 0 saturated carbocycles. The number of hydrogen-bond acceptors (Lipinski definition) is 2. The third-order valence-corrected chi connectivity index (χ3v) is 3.60. The van der Waals surface area contributed by atoms with Crippen LogP contribution in [0.4, 0.5) is 0 Å². The zero-order valence-electron chi connectivity index (χ0n) is 12.7. The van der Waals surface area contributed by atoms with Gasteiger partial charge < -0.3 is 5.32 Å². The monoisotopic (exact) mass is 271 g/mol. The Morgan fingerprint density at radius 1 is 1.15 bits per heavy atom. The second-order valence-corrected chi connectivity index (χ2v) is 5.51. The SMILES string of the molecule is CCCNC(C)CC(C)n1cc(-c2ccccc2)cn1. The van der Waals surface area contributed by atoms with Gasteiger partial charge in [-0.2, -0.15) is 5.10 Å². The van der Waals surface area contributed by atoms with E-state index in [2.05, 4.69) is 66.3 Å². The summed E-state index contributed by atoms with van der Waals surface area (Å²) >= 11 is 0. The van der Waals surface area contributed by atoms with E-state index in [1.165, 1.54) is 17.5 Å². The molecule has 3 heteroatoms. The molecule has 2 unspecified atom stereocenters. The minimum atomic E-state index is 0.409. The fourth-order valence-electron chi connectivity index (χ4n) is 2.45. The van der Waals surface area contributed by atoms with Crippen molar-refractivity contribution in [2.24, 2.45) is 0 Å². The normalized spacial score (nSPS) is 14.2. The number of nitrogens with zero attached hydrogens (tertiary/aromatic N) is 2. The molecular formula is C17H25N3. The summed E-state index contributed by atoms with van der Waals surface area (Å²) in [6, 6.07) is 11.3. The average molecular weight is 271 g/mol. The van der Waals surface area contributed by atoms with Gasteiger partial charge in [0.1, 0.15) is 0 Å². The second-order valence-electron chi connectivity index (χ2n) is 5.51. The number of rotatable bonds is 7. The zero-order valence-corrected chi connectivity index (χ0v) is 12.7. The van der Waals surface area contributed by atoms with Crippen LogP contribution in [0.2, 0.25) is 0 Å². The van der Waals surface area contributed by atoms with Crippen LogP contribution in [0.1, 0.15) is 39.7 Å². The molecule has 0 radical (unpaired) electrons. The molecule has 1 N–H and O–H groups in total. The minimum Gasteiger partial charge on any atom is -0.314 e. The van der Waals surface area contributed by atoms with Crippen molar-refractivity contribution < 1.29 is 0 Å². The number of benzene rings is 1. The van der Waals surface area contributed by atoms with Crippen LogP contribution in [-0.4, -0.2) is 22.4 Å². The molecule has 0 fully saturated rings. The van der Waals surface area contributed by atoms with Gasteiger partial charge >= 0.3 is 0 Å². The quantitative estimate of drug-likeness (QED) is 0.828. The first-order chi connectivity index (χ1) is 9.70. The summed E-state index contributed by atoms with van der Waals surface area (Å²) in [5, 5.41) is 8.05. The van der Waals surface area contributed by atoms with Gasteiger partial charge in [0.05, 0.1) is 12.2 Å². The molecule has 0 amide bonds. The first-order valence-electron chi connectivity index (χ1n) is 7.53. The summed E-state index contributed by atoms with van der Waals surface area (Å²) < 4.78 is 2.08. The van der Waals surface area contributed by atoms with Crippen molar-refractivity contribution in [2.45, 2.75) is 45.7 Å². The van der Waals surface area contributed by atoms with Crippen molar-refractivity contribution >= 4 is 0 Å².